The van der Waals surface area contributed by atoms with E-state index in [-0.39, 0.29) is 13.7 Å². The predicted octanol–water partition coefficient (Wildman–Crippen LogP) is 3.42. The number of nitrogens with one attached hydrogen (secondary N) is 2. The molecule has 0 aliphatic heterocycles. The van der Waals surface area contributed by atoms with Gasteiger partial charge >= 0.3 is 0 Å². The number of carbonyl (C=O) groups excluding carboxylic acids is 1. The molecule has 2 N–H and O–H groups in total. The van der Waals surface area contributed by atoms with E-state index in [9.17, 15) is 4.79 Å². The Labute approximate surface area is 182 Å². The van der Waals surface area contributed by atoms with Gasteiger partial charge in [0.1, 0.15) is 4.93 Å². The summed E-state index contributed by atoms with van der Waals surface area (Å²) in [6.45, 7) is 15.1. The Morgan fingerprint density at radius 1 is 1.14 bits per heavy atom. The Hall–Kier alpha value is -0.430. The smallest absolute Gasteiger partial charge is 0.223 e. The van der Waals surface area contributed by atoms with Crippen LogP contribution in [-0.2, 0) is 19.0 Å². The number of hydrogen-bond donors (Lipinski definition) is 2. The standard InChI is InChI=1S/C20H38N2O4S2.2H2/c1-6-21-11-17-27-28-20(4,5)26-16-15-25-14-13-24-12-9-19(23)22-10-7-8-18(2)3;;/h18,21H,6,9-17H2,1-5H3,(H,22,23);2*1H. The van der Waals surface area contributed by atoms with Crippen LogP contribution in [0.3, 0.4) is 0 Å². The van der Waals surface area contributed by atoms with Crippen molar-refractivity contribution in [1.29, 1.82) is 0 Å². The topological polar surface area (TPSA) is 68.8 Å². The molecule has 0 atom stereocenters. The van der Waals surface area contributed by atoms with Gasteiger partial charge in [0.05, 0.1) is 39.6 Å². The molecule has 0 radical (unpaired) electrons. The number of carbonyl (C=O) groups is 1. The van der Waals surface area contributed by atoms with Gasteiger partial charge in [0.25, 0.3) is 0 Å². The molecule has 0 fully saturated rings. The fourth-order valence-corrected chi connectivity index (χ4v) is 4.04. The fourth-order valence-electron chi connectivity index (χ4n) is 1.82. The van der Waals surface area contributed by atoms with Gasteiger partial charge in [-0.2, -0.15) is 0 Å². The molecule has 0 aliphatic carbocycles. The lowest BCUT2D eigenvalue weighted by Gasteiger charge is -2.23. The van der Waals surface area contributed by atoms with Crippen LogP contribution in [0.2, 0.25) is 0 Å². The molecule has 8 heteroatoms. The molecule has 0 bridgehead atoms. The number of hydrogen-bond acceptors (Lipinski definition) is 7. The Kier molecular flexibility index (Phi) is 18.3. The van der Waals surface area contributed by atoms with Crippen LogP contribution in [0.4, 0.5) is 0 Å². The zero-order chi connectivity index (χ0) is 21.1. The summed E-state index contributed by atoms with van der Waals surface area (Å²) in [5, 5.41) is 6.05. The van der Waals surface area contributed by atoms with Crippen molar-refractivity contribution in [2.45, 2.75) is 46.0 Å². The molecule has 168 valence electrons. The highest BCUT2D eigenvalue weighted by Crippen LogP contribution is 2.36. The normalized spacial score (nSPS) is 11.4. The largest absolute Gasteiger partial charge is 0.379 e. The third-order valence-corrected chi connectivity index (χ3v) is 6.22. The van der Waals surface area contributed by atoms with E-state index in [1.807, 2.05) is 24.6 Å². The van der Waals surface area contributed by atoms with E-state index < -0.39 is 0 Å². The monoisotopic (exact) mass is 438 g/mol. The second kappa shape index (κ2) is 18.6. The van der Waals surface area contributed by atoms with Crippen molar-refractivity contribution in [3.63, 3.8) is 0 Å². The van der Waals surface area contributed by atoms with Crippen LogP contribution in [0.25, 0.3) is 0 Å². The molecule has 0 unspecified atom stereocenters. The summed E-state index contributed by atoms with van der Waals surface area (Å²) in [5.74, 6) is 7.25. The molecule has 28 heavy (non-hydrogen) atoms. The van der Waals surface area contributed by atoms with Crippen molar-refractivity contribution in [3.8, 4) is 11.8 Å². The zero-order valence-corrected chi connectivity index (χ0v) is 19.7. The van der Waals surface area contributed by atoms with Crippen LogP contribution in [-0.4, -0.2) is 69.3 Å². The minimum atomic E-state index is -0.232. The van der Waals surface area contributed by atoms with Crippen molar-refractivity contribution in [1.82, 2.24) is 10.6 Å². The average molecular weight is 439 g/mol. The van der Waals surface area contributed by atoms with Gasteiger partial charge in [-0.15, -0.1) is 0 Å². The number of amides is 1. The molecule has 6 nitrogen and oxygen atoms in total. The lowest BCUT2D eigenvalue weighted by Crippen LogP contribution is -2.25. The van der Waals surface area contributed by atoms with Crippen LogP contribution in [0.5, 0.6) is 0 Å². The zero-order valence-electron chi connectivity index (χ0n) is 18.1. The summed E-state index contributed by atoms with van der Waals surface area (Å²) in [4.78, 5) is 11.3. The Bertz CT molecular complexity index is 462. The van der Waals surface area contributed by atoms with Gasteiger partial charge in [-0.25, -0.2) is 0 Å². The van der Waals surface area contributed by atoms with E-state index in [1.165, 1.54) is 0 Å². The maximum Gasteiger partial charge on any atom is 0.223 e. The molecule has 0 aromatic carbocycles. The molecule has 0 aromatic heterocycles. The van der Waals surface area contributed by atoms with E-state index in [4.69, 9.17) is 14.2 Å². The Morgan fingerprint density at radius 3 is 2.50 bits per heavy atom. The molecule has 0 aliphatic rings. The van der Waals surface area contributed by atoms with Gasteiger partial charge in [0.15, 0.2) is 0 Å². The second-order valence-electron chi connectivity index (χ2n) is 6.73. The average Bonchev–Trinajstić information content (AvgIpc) is 2.63. The maximum absolute atomic E-state index is 11.6. The molecular formula is C20H42N2O4S2. The SMILES string of the molecule is CCNCCSSC(C)(C)OCCOCCOCCC(=O)NCC#CC(C)C.[HH].[HH]. The third kappa shape index (κ3) is 20.3. The summed E-state index contributed by atoms with van der Waals surface area (Å²) in [6, 6.07) is 0. The van der Waals surface area contributed by atoms with Crippen LogP contribution >= 0.6 is 21.6 Å². The summed E-state index contributed by atoms with van der Waals surface area (Å²) >= 11 is 0. The first-order chi connectivity index (χ1) is 13.4. The van der Waals surface area contributed by atoms with E-state index in [2.05, 4.69) is 43.2 Å². The maximum atomic E-state index is 11.6. The minimum Gasteiger partial charge on any atom is -0.379 e. The van der Waals surface area contributed by atoms with Crippen molar-refractivity contribution < 1.29 is 21.9 Å². The second-order valence-corrected chi connectivity index (χ2v) is 9.74. The van der Waals surface area contributed by atoms with Gasteiger partial charge in [0.2, 0.25) is 5.91 Å². The van der Waals surface area contributed by atoms with E-state index in [1.54, 1.807) is 10.8 Å². The van der Waals surface area contributed by atoms with Gasteiger partial charge in [-0.3, -0.25) is 4.79 Å². The lowest BCUT2D eigenvalue weighted by molar-refractivity contribution is -0.122. The third-order valence-electron chi connectivity index (χ3n) is 3.16. The molecule has 0 saturated carbocycles. The summed E-state index contributed by atoms with van der Waals surface area (Å²) < 4.78 is 16.8. The number of rotatable bonds is 17. The van der Waals surface area contributed by atoms with E-state index in [0.717, 1.165) is 18.8 Å². The quantitative estimate of drug-likeness (QED) is 0.156. The molecule has 0 spiro atoms. The molecule has 0 aromatic rings. The predicted molar refractivity (Wildman–Crippen MR) is 125 cm³/mol. The first kappa shape index (κ1) is 27.6. The van der Waals surface area contributed by atoms with Crippen LogP contribution < -0.4 is 10.6 Å². The molecular weight excluding hydrogens is 396 g/mol. The number of ether oxygens (including phenoxy) is 3. The van der Waals surface area contributed by atoms with E-state index in [0.29, 0.717) is 51.9 Å². The van der Waals surface area contributed by atoms with Crippen LogP contribution in [0.15, 0.2) is 0 Å². The fraction of sp³-hybridized carbons (Fsp3) is 0.850. The van der Waals surface area contributed by atoms with Gasteiger partial charge < -0.3 is 24.8 Å². The van der Waals surface area contributed by atoms with E-state index >= 15 is 0 Å². The molecule has 0 saturated heterocycles. The first-order valence-corrected chi connectivity index (χ1v) is 12.2. The van der Waals surface area contributed by atoms with Crippen LogP contribution in [0.1, 0.15) is 43.9 Å². The highest BCUT2D eigenvalue weighted by atomic mass is 33.1. The van der Waals surface area contributed by atoms with Crippen molar-refractivity contribution in [3.05, 3.63) is 0 Å². The lowest BCUT2D eigenvalue weighted by atomic mass is 10.2. The Balaban J connectivity index is -0.00000364. The van der Waals surface area contributed by atoms with Gasteiger partial charge in [0, 0.05) is 27.5 Å². The van der Waals surface area contributed by atoms with Gasteiger partial charge in [-0.1, -0.05) is 54.2 Å². The molecule has 0 rings (SSSR count). The van der Waals surface area contributed by atoms with Crippen molar-refractivity contribution in [2.75, 3.05) is 58.4 Å². The highest BCUT2D eigenvalue weighted by Gasteiger charge is 2.19. The molecule has 1 amide bonds. The Morgan fingerprint density at radius 2 is 1.82 bits per heavy atom. The highest BCUT2D eigenvalue weighted by molar-refractivity contribution is 8.77. The van der Waals surface area contributed by atoms with Crippen molar-refractivity contribution >= 4 is 27.5 Å². The molecule has 0 heterocycles. The van der Waals surface area contributed by atoms with Crippen molar-refractivity contribution in [2.24, 2.45) is 5.92 Å². The first-order valence-electron chi connectivity index (χ1n) is 9.93. The summed E-state index contributed by atoms with van der Waals surface area (Å²) in [6.07, 6.45) is 0.337. The van der Waals surface area contributed by atoms with Gasteiger partial charge in [-0.05, 0) is 20.4 Å². The minimum absolute atomic E-state index is 0. The summed E-state index contributed by atoms with van der Waals surface area (Å²) in [5.41, 5.74) is 0. The summed E-state index contributed by atoms with van der Waals surface area (Å²) in [7, 11) is 3.56. The van der Waals surface area contributed by atoms with Crippen LogP contribution in [0, 0.1) is 17.8 Å².